The summed E-state index contributed by atoms with van der Waals surface area (Å²) in [7, 11) is 1.09. The number of methoxy groups -OCH3 is 1. The summed E-state index contributed by atoms with van der Waals surface area (Å²) in [6.45, 7) is 0.297. The number of alkyl carbamates (subject to hydrolysis) is 1. The number of anilines is 2. The first-order valence-electron chi connectivity index (χ1n) is 9.66. The molecule has 1 saturated heterocycles. The molecule has 1 atom stereocenters. The van der Waals surface area contributed by atoms with Crippen LogP contribution < -0.4 is 20.7 Å². The van der Waals surface area contributed by atoms with Gasteiger partial charge in [-0.1, -0.05) is 16.1 Å². The van der Waals surface area contributed by atoms with Gasteiger partial charge in [0.1, 0.15) is 12.6 Å². The van der Waals surface area contributed by atoms with Crippen LogP contribution in [0.3, 0.4) is 0 Å². The van der Waals surface area contributed by atoms with Gasteiger partial charge in [-0.3, -0.25) is 14.4 Å². The Morgan fingerprint density at radius 3 is 2.61 bits per heavy atom. The zero-order valence-corrected chi connectivity index (χ0v) is 19.0. The van der Waals surface area contributed by atoms with Crippen LogP contribution >= 0.6 is 22.9 Å². The number of amides is 4. The van der Waals surface area contributed by atoms with Crippen molar-refractivity contribution in [3.05, 3.63) is 45.6 Å². The smallest absolute Gasteiger partial charge is 0.407 e. The van der Waals surface area contributed by atoms with Crippen LogP contribution in [-0.2, 0) is 19.1 Å². The lowest BCUT2D eigenvalue weighted by Gasteiger charge is -2.27. The monoisotopic (exact) mass is 498 g/mol. The van der Waals surface area contributed by atoms with Gasteiger partial charge >= 0.3 is 6.09 Å². The van der Waals surface area contributed by atoms with Crippen molar-refractivity contribution in [3.8, 4) is 0 Å². The molecule has 0 saturated carbocycles. The predicted octanol–water partition coefficient (Wildman–Crippen LogP) is 2.14. The number of carbonyl (C=O) groups excluding carboxylic acids is 4. The van der Waals surface area contributed by atoms with Crippen LogP contribution in [0.15, 0.2) is 36.4 Å². The van der Waals surface area contributed by atoms with E-state index in [1.807, 2.05) is 0 Å². The van der Waals surface area contributed by atoms with Gasteiger partial charge in [0.2, 0.25) is 0 Å². The third-order valence-corrected chi connectivity index (χ3v) is 5.84. The number of halogens is 2. The van der Waals surface area contributed by atoms with Gasteiger partial charge in [0, 0.05) is 18.8 Å². The lowest BCUT2D eigenvalue weighted by atomic mass is 10.2. The molecule has 2 heterocycles. The second-order valence-electron chi connectivity index (χ2n) is 6.74. The number of nitrogens with zero attached hydrogens (tertiary/aromatic N) is 2. The van der Waals surface area contributed by atoms with E-state index in [0.29, 0.717) is 23.2 Å². The molecular weight excluding hydrogens is 479 g/mol. The number of rotatable bonds is 7. The minimum Gasteiger partial charge on any atom is -0.453 e. The molecule has 2 N–H and O–H groups in total. The third-order valence-electron chi connectivity index (χ3n) is 4.61. The Morgan fingerprint density at radius 2 is 2.00 bits per heavy atom. The van der Waals surface area contributed by atoms with Crippen molar-refractivity contribution in [2.45, 2.75) is 6.04 Å². The van der Waals surface area contributed by atoms with Crippen LogP contribution in [0.25, 0.3) is 0 Å². The first-order chi connectivity index (χ1) is 15.8. The molecule has 1 aliphatic heterocycles. The zero-order valence-electron chi connectivity index (χ0n) is 17.4. The standard InChI is InChI=1S/C20H20ClFN4O6S/c1-31-20(30)24-14(10-23-18(28)15-6-7-16(21)33-15)19(29)26(22)13-4-2-12(3-5-13)25-8-9-32-11-17(25)27/h2-7,14H,8-11H2,1H3,(H,23,28)(H,24,30)/t14-/m0/s1. The highest BCUT2D eigenvalue weighted by atomic mass is 35.5. The molecule has 0 radical (unpaired) electrons. The molecule has 13 heteroatoms. The number of morpholine rings is 1. The fourth-order valence-corrected chi connectivity index (χ4v) is 3.90. The largest absolute Gasteiger partial charge is 0.453 e. The average molecular weight is 499 g/mol. The van der Waals surface area contributed by atoms with E-state index in [0.717, 1.165) is 18.4 Å². The Balaban J connectivity index is 1.69. The van der Waals surface area contributed by atoms with Gasteiger partial charge in [0.25, 0.3) is 17.7 Å². The predicted molar refractivity (Wildman–Crippen MR) is 119 cm³/mol. The van der Waals surface area contributed by atoms with Crippen molar-refractivity contribution < 1.29 is 33.1 Å². The Hall–Kier alpha value is -3.22. The maximum atomic E-state index is 14.9. The number of thiophene rings is 1. The summed E-state index contributed by atoms with van der Waals surface area (Å²) in [5, 5.41) is 4.51. The molecule has 0 aliphatic carbocycles. The number of benzene rings is 1. The molecule has 1 fully saturated rings. The Labute approximate surface area is 197 Å². The minimum atomic E-state index is -1.46. The molecule has 1 aromatic carbocycles. The van der Waals surface area contributed by atoms with E-state index in [2.05, 4.69) is 15.4 Å². The van der Waals surface area contributed by atoms with Crippen molar-refractivity contribution >= 4 is 58.1 Å². The SMILES string of the molecule is COC(=O)N[C@@H](CNC(=O)c1ccc(Cl)s1)C(=O)N(F)c1ccc(N2CCOCC2=O)cc1. The lowest BCUT2D eigenvalue weighted by molar-refractivity contribution is -0.125. The summed E-state index contributed by atoms with van der Waals surface area (Å²) in [4.78, 5) is 50.3. The first-order valence-corrected chi connectivity index (χ1v) is 10.9. The Morgan fingerprint density at radius 1 is 1.27 bits per heavy atom. The highest BCUT2D eigenvalue weighted by Gasteiger charge is 2.29. The number of carbonyl (C=O) groups is 4. The maximum Gasteiger partial charge on any atom is 0.407 e. The molecule has 4 amide bonds. The number of ether oxygens (including phenoxy) is 2. The van der Waals surface area contributed by atoms with E-state index in [1.165, 1.54) is 41.3 Å². The van der Waals surface area contributed by atoms with E-state index in [9.17, 15) is 23.7 Å². The number of nitrogens with one attached hydrogen (secondary N) is 2. The molecule has 2 aromatic rings. The summed E-state index contributed by atoms with van der Waals surface area (Å²) in [5.74, 6) is -1.91. The highest BCUT2D eigenvalue weighted by Crippen LogP contribution is 2.23. The van der Waals surface area contributed by atoms with Gasteiger partial charge in [-0.2, -0.15) is 0 Å². The lowest BCUT2D eigenvalue weighted by Crippen LogP contribution is -2.52. The van der Waals surface area contributed by atoms with Crippen molar-refractivity contribution in [2.24, 2.45) is 0 Å². The minimum absolute atomic E-state index is 0.0419. The summed E-state index contributed by atoms with van der Waals surface area (Å²) < 4.78 is 24.9. The van der Waals surface area contributed by atoms with Crippen LogP contribution in [0.4, 0.5) is 20.7 Å². The van der Waals surface area contributed by atoms with E-state index in [4.69, 9.17) is 16.3 Å². The molecule has 176 valence electrons. The highest BCUT2D eigenvalue weighted by molar-refractivity contribution is 7.18. The van der Waals surface area contributed by atoms with Crippen LogP contribution in [0.1, 0.15) is 9.67 Å². The van der Waals surface area contributed by atoms with E-state index in [1.54, 1.807) is 0 Å². The molecule has 3 rings (SSSR count). The van der Waals surface area contributed by atoms with Crippen LogP contribution in [0.2, 0.25) is 4.34 Å². The van der Waals surface area contributed by atoms with Crippen LogP contribution in [0.5, 0.6) is 0 Å². The summed E-state index contributed by atoms with van der Waals surface area (Å²) in [6.07, 6.45) is -0.976. The maximum absolute atomic E-state index is 14.9. The second-order valence-corrected chi connectivity index (χ2v) is 8.45. The fraction of sp³-hybridized carbons (Fsp3) is 0.300. The third kappa shape index (κ3) is 6.18. The Bertz CT molecular complexity index is 1030. The zero-order chi connectivity index (χ0) is 24.0. The molecule has 0 bridgehead atoms. The second kappa shape index (κ2) is 11.1. The number of hydrogen-bond acceptors (Lipinski definition) is 7. The van der Waals surface area contributed by atoms with Crippen molar-refractivity contribution in [3.63, 3.8) is 0 Å². The van der Waals surface area contributed by atoms with E-state index >= 15 is 0 Å². The van der Waals surface area contributed by atoms with Gasteiger partial charge in [-0.15, -0.1) is 16.5 Å². The van der Waals surface area contributed by atoms with Gasteiger partial charge < -0.3 is 25.0 Å². The summed E-state index contributed by atoms with van der Waals surface area (Å²) in [5.41, 5.74) is 0.400. The molecule has 0 spiro atoms. The first kappa shape index (κ1) is 24.4. The van der Waals surface area contributed by atoms with Gasteiger partial charge in [-0.25, -0.2) is 4.79 Å². The molecule has 10 nitrogen and oxygen atoms in total. The van der Waals surface area contributed by atoms with Gasteiger partial charge in [0.15, 0.2) is 0 Å². The molecule has 33 heavy (non-hydrogen) atoms. The van der Waals surface area contributed by atoms with E-state index in [-0.39, 0.29) is 28.2 Å². The van der Waals surface area contributed by atoms with Crippen molar-refractivity contribution in [2.75, 3.05) is 43.4 Å². The summed E-state index contributed by atoms with van der Waals surface area (Å²) >= 11 is 6.84. The normalized spacial score (nSPS) is 14.4. The van der Waals surface area contributed by atoms with Gasteiger partial charge in [0.05, 0.1) is 28.6 Å². The van der Waals surface area contributed by atoms with Crippen LogP contribution in [-0.4, -0.2) is 63.3 Å². The molecule has 0 unspecified atom stereocenters. The quantitative estimate of drug-likeness (QED) is 0.565. The van der Waals surface area contributed by atoms with Crippen molar-refractivity contribution in [1.29, 1.82) is 0 Å². The van der Waals surface area contributed by atoms with Crippen LogP contribution in [0, 0.1) is 0 Å². The molecule has 1 aromatic heterocycles. The van der Waals surface area contributed by atoms with E-state index < -0.39 is 30.5 Å². The molecule has 1 aliphatic rings. The Kier molecular flexibility index (Phi) is 8.20. The van der Waals surface area contributed by atoms with Gasteiger partial charge in [-0.05, 0) is 36.4 Å². The van der Waals surface area contributed by atoms with Crippen molar-refractivity contribution in [1.82, 2.24) is 10.6 Å². The summed E-state index contributed by atoms with van der Waals surface area (Å²) in [6, 6.07) is 7.19. The topological polar surface area (TPSA) is 117 Å². The fourth-order valence-electron chi connectivity index (χ4n) is 2.94. The average Bonchev–Trinajstić information content (AvgIpc) is 3.27. The number of hydrogen-bond donors (Lipinski definition) is 2. The molecular formula is C20H20ClFN4O6S.